The van der Waals surface area contributed by atoms with E-state index in [2.05, 4.69) is 4.98 Å². The van der Waals surface area contributed by atoms with E-state index in [1.165, 1.54) is 17.0 Å². The average molecular weight is 334 g/mol. The molecule has 1 aromatic carbocycles. The summed E-state index contributed by atoms with van der Waals surface area (Å²) in [4.78, 5) is 29.2. The molecule has 0 bridgehead atoms. The molecule has 1 aliphatic heterocycles. The van der Waals surface area contributed by atoms with Gasteiger partial charge in [-0.05, 0) is 30.7 Å². The van der Waals surface area contributed by atoms with Crippen molar-refractivity contribution in [1.82, 2.24) is 9.88 Å². The van der Waals surface area contributed by atoms with Gasteiger partial charge >= 0.3 is 5.97 Å². The van der Waals surface area contributed by atoms with Gasteiger partial charge in [0, 0.05) is 23.6 Å². The molecule has 3 rings (SSSR count). The number of nitrogens with one attached hydrogen (secondary N) is 1. The normalized spacial score (nSPS) is 17.9. The van der Waals surface area contributed by atoms with E-state index in [9.17, 15) is 14.0 Å². The van der Waals surface area contributed by atoms with Gasteiger partial charge in [-0.15, -0.1) is 0 Å². The van der Waals surface area contributed by atoms with Crippen molar-refractivity contribution in [2.24, 2.45) is 0 Å². The number of esters is 1. The Morgan fingerprint density at radius 3 is 3.08 bits per heavy atom. The van der Waals surface area contributed by atoms with Crippen LogP contribution < -0.4 is 0 Å². The fourth-order valence-corrected chi connectivity index (χ4v) is 2.91. The first-order chi connectivity index (χ1) is 11.6. The first kappa shape index (κ1) is 16.4. The lowest BCUT2D eigenvalue weighted by molar-refractivity contribution is -0.162. The number of amides is 1. The number of rotatable bonds is 4. The lowest BCUT2D eigenvalue weighted by atomic mass is 10.1. The van der Waals surface area contributed by atoms with E-state index in [1.54, 1.807) is 19.2 Å². The number of H-pyrrole nitrogens is 1. The maximum absolute atomic E-state index is 13.3. The number of aromatic nitrogens is 1. The van der Waals surface area contributed by atoms with Crippen LogP contribution in [0.3, 0.4) is 0 Å². The number of carbonyl (C=O) groups excluding carboxylic acids is 2. The van der Waals surface area contributed by atoms with E-state index in [1.807, 2.05) is 0 Å². The van der Waals surface area contributed by atoms with E-state index in [0.717, 1.165) is 10.9 Å². The Balaban J connectivity index is 1.78. The molecule has 6 nitrogen and oxygen atoms in total. The van der Waals surface area contributed by atoms with Crippen LogP contribution in [0.1, 0.15) is 12.5 Å². The van der Waals surface area contributed by atoms with Gasteiger partial charge in [0.05, 0.1) is 26.2 Å². The number of benzene rings is 1. The minimum Gasteiger partial charge on any atom is -0.464 e. The van der Waals surface area contributed by atoms with Gasteiger partial charge in [-0.1, -0.05) is 0 Å². The van der Waals surface area contributed by atoms with Gasteiger partial charge < -0.3 is 19.4 Å². The molecule has 128 valence electrons. The van der Waals surface area contributed by atoms with Crippen molar-refractivity contribution in [3.8, 4) is 0 Å². The second-order valence-corrected chi connectivity index (χ2v) is 5.61. The highest BCUT2D eigenvalue weighted by molar-refractivity contribution is 5.91. The Bertz CT molecular complexity index is 758. The zero-order chi connectivity index (χ0) is 17.1. The highest BCUT2D eigenvalue weighted by atomic mass is 19.1. The Morgan fingerprint density at radius 2 is 2.29 bits per heavy atom. The van der Waals surface area contributed by atoms with E-state index >= 15 is 0 Å². The van der Waals surface area contributed by atoms with Crippen molar-refractivity contribution in [3.05, 3.63) is 35.8 Å². The van der Waals surface area contributed by atoms with Crippen LogP contribution in [0.2, 0.25) is 0 Å². The van der Waals surface area contributed by atoms with E-state index < -0.39 is 12.0 Å². The summed E-state index contributed by atoms with van der Waals surface area (Å²) in [6.45, 7) is 2.86. The summed E-state index contributed by atoms with van der Waals surface area (Å²) in [5, 5.41) is 0.797. The number of halogens is 1. The first-order valence-corrected chi connectivity index (χ1v) is 7.89. The van der Waals surface area contributed by atoms with E-state index in [-0.39, 0.29) is 31.4 Å². The highest BCUT2D eigenvalue weighted by Crippen LogP contribution is 2.21. The Kier molecular flexibility index (Phi) is 4.80. The summed E-state index contributed by atoms with van der Waals surface area (Å²) in [6.07, 6.45) is 1.82. The molecule has 1 N–H and O–H groups in total. The Hall–Kier alpha value is -2.41. The van der Waals surface area contributed by atoms with Gasteiger partial charge in [-0.3, -0.25) is 4.79 Å². The number of carbonyl (C=O) groups is 2. The topological polar surface area (TPSA) is 71.6 Å². The molecule has 1 atom stereocenters. The quantitative estimate of drug-likeness (QED) is 0.863. The maximum atomic E-state index is 13.3. The van der Waals surface area contributed by atoms with Crippen LogP contribution in [0.4, 0.5) is 4.39 Å². The molecule has 2 heterocycles. The second-order valence-electron chi connectivity index (χ2n) is 5.61. The lowest BCUT2D eigenvalue weighted by Crippen LogP contribution is -2.53. The predicted octanol–water partition coefficient (Wildman–Crippen LogP) is 1.64. The summed E-state index contributed by atoms with van der Waals surface area (Å²) in [5.74, 6) is -0.967. The van der Waals surface area contributed by atoms with Crippen LogP contribution in [-0.2, 0) is 25.5 Å². The van der Waals surface area contributed by atoms with Gasteiger partial charge in [0.1, 0.15) is 5.82 Å². The average Bonchev–Trinajstić information content (AvgIpc) is 2.97. The smallest absolute Gasteiger partial charge is 0.331 e. The summed E-state index contributed by atoms with van der Waals surface area (Å²) in [5.41, 5.74) is 1.41. The van der Waals surface area contributed by atoms with Crippen LogP contribution in [-0.4, -0.2) is 54.2 Å². The molecular formula is C17H19FN2O4. The van der Waals surface area contributed by atoms with Crippen LogP contribution in [0.15, 0.2) is 24.4 Å². The van der Waals surface area contributed by atoms with Crippen molar-refractivity contribution >= 4 is 22.8 Å². The monoisotopic (exact) mass is 334 g/mol. The van der Waals surface area contributed by atoms with Crippen molar-refractivity contribution in [2.45, 2.75) is 19.4 Å². The predicted molar refractivity (Wildman–Crippen MR) is 84.9 cm³/mol. The first-order valence-electron chi connectivity index (χ1n) is 7.89. The van der Waals surface area contributed by atoms with Gasteiger partial charge in [-0.25, -0.2) is 9.18 Å². The van der Waals surface area contributed by atoms with Crippen molar-refractivity contribution in [2.75, 3.05) is 26.4 Å². The minimum atomic E-state index is -0.714. The maximum Gasteiger partial charge on any atom is 0.331 e. The van der Waals surface area contributed by atoms with Crippen LogP contribution in [0.25, 0.3) is 10.9 Å². The fourth-order valence-electron chi connectivity index (χ4n) is 2.91. The number of fused-ring (bicyclic) bond motifs is 1. The highest BCUT2D eigenvalue weighted by Gasteiger charge is 2.34. The lowest BCUT2D eigenvalue weighted by Gasteiger charge is -2.33. The summed E-state index contributed by atoms with van der Waals surface area (Å²) in [7, 11) is 0. The standard InChI is InChI=1S/C17H19FN2O4/c1-2-24-17(22)15-10-23-6-5-20(15)16(21)7-11-9-19-14-8-12(18)3-4-13(11)14/h3-4,8-9,15,19H,2,5-7,10H2,1H3/t15-/m0/s1. The molecule has 1 saturated heterocycles. The Morgan fingerprint density at radius 1 is 1.46 bits per heavy atom. The summed E-state index contributed by atoms with van der Waals surface area (Å²) in [6, 6.07) is 3.68. The van der Waals surface area contributed by atoms with E-state index in [0.29, 0.717) is 18.7 Å². The van der Waals surface area contributed by atoms with Gasteiger partial charge in [0.25, 0.3) is 0 Å². The summed E-state index contributed by atoms with van der Waals surface area (Å²) >= 11 is 0. The van der Waals surface area contributed by atoms with Crippen molar-refractivity contribution in [1.29, 1.82) is 0 Å². The SMILES string of the molecule is CCOC(=O)[C@@H]1COCCN1C(=O)Cc1c[nH]c2cc(F)ccc12. The summed E-state index contributed by atoms with van der Waals surface area (Å²) < 4.78 is 23.6. The third-order valence-electron chi connectivity index (χ3n) is 4.08. The molecular weight excluding hydrogens is 315 g/mol. The van der Waals surface area contributed by atoms with Gasteiger partial charge in [0.2, 0.25) is 5.91 Å². The molecule has 0 aliphatic carbocycles. The Labute approximate surface area is 138 Å². The third-order valence-corrected chi connectivity index (χ3v) is 4.08. The molecule has 0 unspecified atom stereocenters. The van der Waals surface area contributed by atoms with Crippen LogP contribution in [0.5, 0.6) is 0 Å². The molecule has 0 spiro atoms. The molecule has 0 saturated carbocycles. The molecule has 0 radical (unpaired) electrons. The molecule has 7 heteroatoms. The largest absolute Gasteiger partial charge is 0.464 e. The molecule has 1 aromatic heterocycles. The number of nitrogens with zero attached hydrogens (tertiary/aromatic N) is 1. The van der Waals surface area contributed by atoms with Gasteiger partial charge in [0.15, 0.2) is 6.04 Å². The number of hydrogen-bond donors (Lipinski definition) is 1. The fraction of sp³-hybridized carbons (Fsp3) is 0.412. The number of aromatic amines is 1. The third kappa shape index (κ3) is 3.26. The number of hydrogen-bond acceptors (Lipinski definition) is 4. The molecule has 1 aliphatic rings. The van der Waals surface area contributed by atoms with Gasteiger partial charge in [-0.2, -0.15) is 0 Å². The minimum absolute atomic E-state index is 0.127. The molecule has 24 heavy (non-hydrogen) atoms. The van der Waals surface area contributed by atoms with Crippen molar-refractivity contribution in [3.63, 3.8) is 0 Å². The zero-order valence-corrected chi connectivity index (χ0v) is 13.4. The van der Waals surface area contributed by atoms with Crippen LogP contribution >= 0.6 is 0 Å². The van der Waals surface area contributed by atoms with E-state index in [4.69, 9.17) is 9.47 Å². The van der Waals surface area contributed by atoms with Crippen LogP contribution in [0, 0.1) is 5.82 Å². The second kappa shape index (κ2) is 7.00. The molecule has 2 aromatic rings. The molecule has 1 amide bonds. The zero-order valence-electron chi connectivity index (χ0n) is 13.4. The van der Waals surface area contributed by atoms with Crippen molar-refractivity contribution < 1.29 is 23.5 Å². The number of morpholine rings is 1. The molecule has 1 fully saturated rings. The number of ether oxygens (including phenoxy) is 2.